The van der Waals surface area contributed by atoms with E-state index in [0.717, 1.165) is 24.3 Å². The molecule has 0 heterocycles. The molecule has 0 aliphatic heterocycles. The summed E-state index contributed by atoms with van der Waals surface area (Å²) < 4.78 is 5.35. The molecular formula is C16H22N2O2. The van der Waals surface area contributed by atoms with E-state index in [4.69, 9.17) is 4.74 Å². The van der Waals surface area contributed by atoms with Gasteiger partial charge in [0.1, 0.15) is 5.75 Å². The van der Waals surface area contributed by atoms with E-state index in [1.807, 2.05) is 6.92 Å². The molecule has 0 saturated heterocycles. The first-order valence-electron chi connectivity index (χ1n) is 7.27. The second-order valence-corrected chi connectivity index (χ2v) is 5.28. The van der Waals surface area contributed by atoms with Gasteiger partial charge in [-0.15, -0.1) is 0 Å². The van der Waals surface area contributed by atoms with Gasteiger partial charge in [0.2, 0.25) is 0 Å². The predicted octanol–water partition coefficient (Wildman–Crippen LogP) is 3.38. The average Bonchev–Trinajstić information content (AvgIpc) is 2.46. The number of nitrogens with zero attached hydrogens (tertiary/aromatic N) is 1. The minimum Gasteiger partial charge on any atom is -0.494 e. The number of benzene rings is 1. The molecule has 1 fully saturated rings. The Bertz CT molecular complexity index is 480. The highest BCUT2D eigenvalue weighted by Gasteiger charge is 2.14. The van der Waals surface area contributed by atoms with Gasteiger partial charge in [-0.2, -0.15) is 5.10 Å². The van der Waals surface area contributed by atoms with Crippen molar-refractivity contribution in [3.8, 4) is 5.75 Å². The van der Waals surface area contributed by atoms with Gasteiger partial charge < -0.3 is 4.74 Å². The first-order valence-corrected chi connectivity index (χ1v) is 7.27. The molecule has 0 radical (unpaired) electrons. The monoisotopic (exact) mass is 274 g/mol. The summed E-state index contributed by atoms with van der Waals surface area (Å²) in [5.41, 5.74) is 4.35. The van der Waals surface area contributed by atoms with Crippen LogP contribution in [0.3, 0.4) is 0 Å². The highest BCUT2D eigenvalue weighted by Crippen LogP contribution is 2.21. The molecule has 0 spiro atoms. The molecule has 0 bridgehead atoms. The first-order chi connectivity index (χ1) is 9.69. The zero-order valence-corrected chi connectivity index (χ0v) is 12.2. The van der Waals surface area contributed by atoms with Crippen molar-refractivity contribution in [1.82, 2.24) is 5.43 Å². The highest BCUT2D eigenvalue weighted by molar-refractivity contribution is 5.95. The Morgan fingerprint density at radius 2 is 2.15 bits per heavy atom. The summed E-state index contributed by atoms with van der Waals surface area (Å²) in [5, 5.41) is 4.25. The van der Waals surface area contributed by atoms with Crippen molar-refractivity contribution in [2.45, 2.75) is 39.5 Å². The van der Waals surface area contributed by atoms with E-state index in [2.05, 4.69) is 17.5 Å². The molecular weight excluding hydrogens is 252 g/mol. The molecule has 2 rings (SSSR count). The summed E-state index contributed by atoms with van der Waals surface area (Å²) in [6, 6.07) is 7.11. The van der Waals surface area contributed by atoms with Crippen LogP contribution in [0.15, 0.2) is 29.4 Å². The number of rotatable bonds is 4. The SMILES string of the molecule is CCOc1ccc(C(=O)N/N=C2/CCC[C@H](C)C2)cc1. The third-order valence-electron chi connectivity index (χ3n) is 3.49. The summed E-state index contributed by atoms with van der Waals surface area (Å²) in [6.45, 7) is 4.78. The average molecular weight is 274 g/mol. The molecule has 4 nitrogen and oxygen atoms in total. The molecule has 4 heteroatoms. The maximum absolute atomic E-state index is 12.0. The van der Waals surface area contributed by atoms with Crippen LogP contribution in [-0.2, 0) is 0 Å². The van der Waals surface area contributed by atoms with E-state index in [0.29, 0.717) is 18.1 Å². The molecule has 0 aromatic heterocycles. The summed E-state index contributed by atoms with van der Waals surface area (Å²) >= 11 is 0. The molecule has 1 N–H and O–H groups in total. The maximum atomic E-state index is 12.0. The Morgan fingerprint density at radius 3 is 2.80 bits per heavy atom. The molecule has 108 valence electrons. The molecule has 1 amide bonds. The number of ether oxygens (including phenoxy) is 1. The summed E-state index contributed by atoms with van der Waals surface area (Å²) in [4.78, 5) is 12.0. The lowest BCUT2D eigenvalue weighted by molar-refractivity contribution is 0.0954. The smallest absolute Gasteiger partial charge is 0.271 e. The van der Waals surface area contributed by atoms with Crippen molar-refractivity contribution in [3.05, 3.63) is 29.8 Å². The lowest BCUT2D eigenvalue weighted by Crippen LogP contribution is -2.22. The number of carbonyl (C=O) groups excluding carboxylic acids is 1. The second kappa shape index (κ2) is 7.08. The molecule has 1 saturated carbocycles. The standard InChI is InChI=1S/C16H22N2O2/c1-3-20-15-9-7-13(8-10-15)16(19)18-17-14-6-4-5-12(2)11-14/h7-10,12H,3-6,11H2,1-2H3,(H,18,19)/b17-14-/t12-/m0/s1. The topological polar surface area (TPSA) is 50.7 Å². The third kappa shape index (κ3) is 4.08. The summed E-state index contributed by atoms with van der Waals surface area (Å²) in [6.07, 6.45) is 4.40. The van der Waals surface area contributed by atoms with Gasteiger partial charge in [0, 0.05) is 11.3 Å². The fraction of sp³-hybridized carbons (Fsp3) is 0.500. The van der Waals surface area contributed by atoms with Gasteiger partial charge in [-0.25, -0.2) is 5.43 Å². The van der Waals surface area contributed by atoms with Gasteiger partial charge in [-0.1, -0.05) is 6.92 Å². The van der Waals surface area contributed by atoms with Crippen molar-refractivity contribution < 1.29 is 9.53 Å². The second-order valence-electron chi connectivity index (χ2n) is 5.28. The van der Waals surface area contributed by atoms with Crippen LogP contribution in [0.5, 0.6) is 5.75 Å². The molecule has 1 aliphatic rings. The minimum absolute atomic E-state index is 0.168. The summed E-state index contributed by atoms with van der Waals surface area (Å²) in [5.74, 6) is 1.28. The quantitative estimate of drug-likeness (QED) is 0.856. The normalized spacial score (nSPS) is 20.7. The third-order valence-corrected chi connectivity index (χ3v) is 3.49. The van der Waals surface area contributed by atoms with Gasteiger partial charge in [0.25, 0.3) is 5.91 Å². The largest absolute Gasteiger partial charge is 0.494 e. The number of hydrazone groups is 1. The van der Waals surface area contributed by atoms with Crippen LogP contribution in [0.2, 0.25) is 0 Å². The van der Waals surface area contributed by atoms with Crippen LogP contribution in [0.1, 0.15) is 49.9 Å². The van der Waals surface area contributed by atoms with E-state index in [1.54, 1.807) is 24.3 Å². The van der Waals surface area contributed by atoms with Crippen molar-refractivity contribution in [1.29, 1.82) is 0 Å². The van der Waals surface area contributed by atoms with Gasteiger partial charge in [-0.05, 0) is 62.8 Å². The van der Waals surface area contributed by atoms with Gasteiger partial charge in [0.05, 0.1) is 6.61 Å². The zero-order valence-electron chi connectivity index (χ0n) is 12.2. The molecule has 20 heavy (non-hydrogen) atoms. The van der Waals surface area contributed by atoms with Crippen molar-refractivity contribution >= 4 is 11.6 Å². The Morgan fingerprint density at radius 1 is 1.40 bits per heavy atom. The molecule has 1 atom stereocenters. The van der Waals surface area contributed by atoms with Gasteiger partial charge >= 0.3 is 0 Å². The van der Waals surface area contributed by atoms with Crippen LogP contribution in [0.4, 0.5) is 0 Å². The molecule has 1 aliphatic carbocycles. The summed E-state index contributed by atoms with van der Waals surface area (Å²) in [7, 11) is 0. The van der Waals surface area contributed by atoms with Crippen LogP contribution in [-0.4, -0.2) is 18.2 Å². The lowest BCUT2D eigenvalue weighted by atomic mass is 9.89. The van der Waals surface area contributed by atoms with E-state index in [1.165, 1.54) is 12.8 Å². The van der Waals surface area contributed by atoms with Crippen LogP contribution in [0, 0.1) is 5.92 Å². The molecule has 1 aromatic rings. The number of nitrogens with one attached hydrogen (secondary N) is 1. The van der Waals surface area contributed by atoms with Gasteiger partial charge in [0.15, 0.2) is 0 Å². The van der Waals surface area contributed by atoms with E-state index < -0.39 is 0 Å². The van der Waals surface area contributed by atoms with E-state index >= 15 is 0 Å². The fourth-order valence-electron chi connectivity index (χ4n) is 2.43. The Hall–Kier alpha value is -1.84. The first kappa shape index (κ1) is 14.6. The predicted molar refractivity (Wildman–Crippen MR) is 80.1 cm³/mol. The number of hydrogen-bond acceptors (Lipinski definition) is 3. The van der Waals surface area contributed by atoms with E-state index in [9.17, 15) is 4.79 Å². The zero-order chi connectivity index (χ0) is 14.4. The van der Waals surface area contributed by atoms with Crippen molar-refractivity contribution in [3.63, 3.8) is 0 Å². The van der Waals surface area contributed by atoms with Gasteiger partial charge in [-0.3, -0.25) is 4.79 Å². The lowest BCUT2D eigenvalue weighted by Gasteiger charge is -2.18. The van der Waals surface area contributed by atoms with Crippen molar-refractivity contribution in [2.75, 3.05) is 6.61 Å². The number of amides is 1. The molecule has 0 unspecified atom stereocenters. The van der Waals surface area contributed by atoms with E-state index in [-0.39, 0.29) is 5.91 Å². The van der Waals surface area contributed by atoms with Crippen LogP contribution < -0.4 is 10.2 Å². The Kier molecular flexibility index (Phi) is 5.16. The molecule has 1 aromatic carbocycles. The van der Waals surface area contributed by atoms with Crippen molar-refractivity contribution in [2.24, 2.45) is 11.0 Å². The van der Waals surface area contributed by atoms with Crippen LogP contribution >= 0.6 is 0 Å². The Labute approximate surface area is 120 Å². The fourth-order valence-corrected chi connectivity index (χ4v) is 2.43. The Balaban J connectivity index is 1.92. The number of carbonyl (C=O) groups is 1. The van der Waals surface area contributed by atoms with Crippen LogP contribution in [0.25, 0.3) is 0 Å². The number of hydrogen-bond donors (Lipinski definition) is 1. The maximum Gasteiger partial charge on any atom is 0.271 e. The highest BCUT2D eigenvalue weighted by atomic mass is 16.5. The minimum atomic E-state index is -0.168.